The molecule has 2 N–H and O–H groups in total. The Hall–Kier alpha value is -3.58. The van der Waals surface area contributed by atoms with Gasteiger partial charge in [0.1, 0.15) is 5.75 Å². The fourth-order valence-corrected chi connectivity index (χ4v) is 4.64. The lowest BCUT2D eigenvalue weighted by Gasteiger charge is -2.13. The largest absolute Gasteiger partial charge is 0.495 e. The summed E-state index contributed by atoms with van der Waals surface area (Å²) in [5.74, 6) is -1.78. The molecule has 0 aliphatic carbocycles. The first-order valence-electron chi connectivity index (χ1n) is 9.98. The van der Waals surface area contributed by atoms with Gasteiger partial charge in [-0.15, -0.1) is 0 Å². The number of ether oxygens (including phenoxy) is 2. The second-order valence-electron chi connectivity index (χ2n) is 7.14. The molecule has 0 spiro atoms. The topological polar surface area (TPSA) is 154 Å². The van der Waals surface area contributed by atoms with Crippen molar-refractivity contribution in [1.82, 2.24) is 0 Å². The molecule has 15 heteroatoms. The summed E-state index contributed by atoms with van der Waals surface area (Å²) in [5, 5.41) is 13.9. The van der Waals surface area contributed by atoms with E-state index in [1.165, 1.54) is 31.4 Å². The van der Waals surface area contributed by atoms with Crippen LogP contribution < -0.4 is 14.8 Å². The molecule has 0 saturated carbocycles. The molecule has 0 aromatic heterocycles. The molecule has 0 aliphatic rings. The molecule has 0 radical (unpaired) electrons. The van der Waals surface area contributed by atoms with E-state index in [0.717, 1.165) is 30.3 Å². The molecule has 1 amide bonds. The van der Waals surface area contributed by atoms with E-state index in [4.69, 9.17) is 44.3 Å². The number of amides is 1. The van der Waals surface area contributed by atoms with Crippen LogP contribution in [0.2, 0.25) is 15.1 Å². The van der Waals surface area contributed by atoms with Gasteiger partial charge in [-0.2, -0.15) is 0 Å². The predicted octanol–water partition coefficient (Wildman–Crippen LogP) is 5.16. The Labute approximate surface area is 225 Å². The van der Waals surface area contributed by atoms with Crippen LogP contribution in [0, 0.1) is 10.1 Å². The summed E-state index contributed by atoms with van der Waals surface area (Å²) in [5.41, 5.74) is -0.681. The number of anilines is 2. The molecule has 0 fully saturated rings. The van der Waals surface area contributed by atoms with Gasteiger partial charge < -0.3 is 14.8 Å². The maximum absolute atomic E-state index is 12.9. The average molecular weight is 589 g/mol. The van der Waals surface area contributed by atoms with Gasteiger partial charge in [-0.25, -0.2) is 13.2 Å². The Morgan fingerprint density at radius 1 is 0.973 bits per heavy atom. The first kappa shape index (κ1) is 28.0. The maximum Gasteiger partial charge on any atom is 0.340 e. The normalized spacial score (nSPS) is 10.9. The van der Waals surface area contributed by atoms with Crippen molar-refractivity contribution in [2.75, 3.05) is 23.8 Å². The van der Waals surface area contributed by atoms with Crippen molar-refractivity contribution in [1.29, 1.82) is 0 Å². The van der Waals surface area contributed by atoms with Gasteiger partial charge in [0.15, 0.2) is 6.61 Å². The third-order valence-corrected chi connectivity index (χ3v) is 6.89. The van der Waals surface area contributed by atoms with E-state index in [1.54, 1.807) is 0 Å². The van der Waals surface area contributed by atoms with Gasteiger partial charge in [0, 0.05) is 17.2 Å². The van der Waals surface area contributed by atoms with E-state index in [9.17, 15) is 28.1 Å². The molecule has 0 heterocycles. The second kappa shape index (κ2) is 11.6. The summed E-state index contributed by atoms with van der Waals surface area (Å²) in [7, 11) is -3.11. The maximum atomic E-state index is 12.9. The summed E-state index contributed by atoms with van der Waals surface area (Å²) >= 11 is 17.8. The molecule has 0 atom stereocenters. The first-order chi connectivity index (χ1) is 17.4. The zero-order chi connectivity index (χ0) is 27.3. The van der Waals surface area contributed by atoms with Crippen LogP contribution in [-0.4, -0.2) is 38.9 Å². The highest BCUT2D eigenvalue weighted by atomic mass is 35.5. The van der Waals surface area contributed by atoms with Crippen molar-refractivity contribution >= 4 is 73.8 Å². The quantitative estimate of drug-likeness (QED) is 0.197. The third-order valence-electron chi connectivity index (χ3n) is 4.65. The highest BCUT2D eigenvalue weighted by molar-refractivity contribution is 7.92. The van der Waals surface area contributed by atoms with E-state index in [2.05, 4.69) is 10.0 Å². The van der Waals surface area contributed by atoms with Crippen LogP contribution in [0.4, 0.5) is 17.1 Å². The molecule has 3 aromatic rings. The number of carbonyl (C=O) groups is 2. The molecule has 0 bridgehead atoms. The molecule has 194 valence electrons. The fourth-order valence-electron chi connectivity index (χ4n) is 2.91. The molecule has 3 rings (SSSR count). The van der Waals surface area contributed by atoms with Crippen molar-refractivity contribution in [2.45, 2.75) is 4.90 Å². The average Bonchev–Trinajstić information content (AvgIpc) is 2.84. The van der Waals surface area contributed by atoms with E-state index >= 15 is 0 Å². The smallest absolute Gasteiger partial charge is 0.340 e. The van der Waals surface area contributed by atoms with Crippen molar-refractivity contribution in [3.05, 3.63) is 85.3 Å². The van der Waals surface area contributed by atoms with E-state index in [1.807, 2.05) is 0 Å². The van der Waals surface area contributed by atoms with E-state index in [0.29, 0.717) is 5.02 Å². The highest BCUT2D eigenvalue weighted by Crippen LogP contribution is 2.31. The minimum atomic E-state index is -4.37. The number of benzene rings is 3. The Kier molecular flexibility index (Phi) is 8.81. The minimum absolute atomic E-state index is 0.0228. The molecule has 0 saturated heterocycles. The number of halogens is 3. The molecule has 3 aromatic carbocycles. The van der Waals surface area contributed by atoms with Gasteiger partial charge in [0.2, 0.25) is 0 Å². The second-order valence-corrected chi connectivity index (χ2v) is 10.1. The molecular weight excluding hydrogens is 573 g/mol. The van der Waals surface area contributed by atoms with Gasteiger partial charge in [0.05, 0.1) is 43.9 Å². The minimum Gasteiger partial charge on any atom is -0.495 e. The third kappa shape index (κ3) is 7.01. The van der Waals surface area contributed by atoms with Crippen molar-refractivity contribution in [3.8, 4) is 5.75 Å². The van der Waals surface area contributed by atoms with E-state index < -0.39 is 38.3 Å². The summed E-state index contributed by atoms with van der Waals surface area (Å²) in [6.07, 6.45) is 0. The summed E-state index contributed by atoms with van der Waals surface area (Å²) in [4.78, 5) is 34.7. The number of esters is 1. The number of non-ortho nitro benzene ring substituents is 1. The van der Waals surface area contributed by atoms with Crippen LogP contribution in [0.5, 0.6) is 5.75 Å². The summed E-state index contributed by atoms with van der Waals surface area (Å²) in [6.45, 7) is -0.728. The number of nitro benzene ring substituents is 1. The fraction of sp³-hybridized carbons (Fsp3) is 0.0909. The number of rotatable bonds is 9. The van der Waals surface area contributed by atoms with Crippen LogP contribution in [0.15, 0.2) is 59.5 Å². The molecule has 0 unspecified atom stereocenters. The molecule has 0 aliphatic heterocycles. The van der Waals surface area contributed by atoms with Crippen LogP contribution in [-0.2, 0) is 19.6 Å². The van der Waals surface area contributed by atoms with Crippen LogP contribution >= 0.6 is 34.8 Å². The monoisotopic (exact) mass is 587 g/mol. The van der Waals surface area contributed by atoms with Gasteiger partial charge in [-0.1, -0.05) is 34.8 Å². The Morgan fingerprint density at radius 3 is 2.35 bits per heavy atom. The van der Waals surface area contributed by atoms with Crippen molar-refractivity contribution in [2.24, 2.45) is 0 Å². The highest BCUT2D eigenvalue weighted by Gasteiger charge is 2.23. The number of nitro groups is 1. The Bertz CT molecular complexity index is 1500. The molecule has 37 heavy (non-hydrogen) atoms. The van der Waals surface area contributed by atoms with Crippen LogP contribution in [0.25, 0.3) is 0 Å². The van der Waals surface area contributed by atoms with Gasteiger partial charge in [-0.3, -0.25) is 19.6 Å². The molecular formula is C22H16Cl3N3O8S. The number of hydrogen-bond donors (Lipinski definition) is 2. The lowest BCUT2D eigenvalue weighted by molar-refractivity contribution is -0.384. The lowest BCUT2D eigenvalue weighted by Crippen LogP contribution is -2.21. The number of nitrogens with zero attached hydrogens (tertiary/aromatic N) is 1. The van der Waals surface area contributed by atoms with Crippen molar-refractivity contribution < 1.29 is 32.4 Å². The Balaban J connectivity index is 1.77. The zero-order valence-electron chi connectivity index (χ0n) is 18.7. The molecule has 11 nitrogen and oxygen atoms in total. The van der Waals surface area contributed by atoms with Gasteiger partial charge in [-0.05, 0) is 42.5 Å². The number of methoxy groups -OCH3 is 1. The number of hydrogen-bond acceptors (Lipinski definition) is 8. The first-order valence-corrected chi connectivity index (χ1v) is 12.6. The van der Waals surface area contributed by atoms with Crippen LogP contribution in [0.1, 0.15) is 10.4 Å². The van der Waals surface area contributed by atoms with Crippen molar-refractivity contribution in [3.63, 3.8) is 0 Å². The Morgan fingerprint density at radius 2 is 1.70 bits per heavy atom. The predicted molar refractivity (Wildman–Crippen MR) is 137 cm³/mol. The standard InChI is InChI=1S/C22H16Cl3N3O8S/c1-35-20-7-3-13(28(31)32)9-19(20)27-37(33,34)14-4-5-16(24)15(10-14)22(30)36-11-21(29)26-18-6-2-12(23)8-17(18)25/h2-10,27H,11H2,1H3,(H,26,29). The zero-order valence-corrected chi connectivity index (χ0v) is 21.7. The van der Waals surface area contributed by atoms with Gasteiger partial charge >= 0.3 is 5.97 Å². The van der Waals surface area contributed by atoms with E-state index in [-0.39, 0.29) is 38.4 Å². The lowest BCUT2D eigenvalue weighted by atomic mass is 10.2. The van der Waals surface area contributed by atoms with Crippen LogP contribution in [0.3, 0.4) is 0 Å². The summed E-state index contributed by atoms with van der Waals surface area (Å²) in [6, 6.07) is 10.9. The number of carbonyl (C=O) groups excluding carboxylic acids is 2. The summed E-state index contributed by atoms with van der Waals surface area (Å²) < 4.78 is 38.1. The number of sulfonamides is 1. The SMILES string of the molecule is COc1ccc([N+](=O)[O-])cc1NS(=O)(=O)c1ccc(Cl)c(C(=O)OCC(=O)Nc2ccc(Cl)cc2Cl)c1. The number of nitrogens with one attached hydrogen (secondary N) is 2. The van der Waals surface area contributed by atoms with Gasteiger partial charge in [0.25, 0.3) is 21.6 Å².